The minimum Gasteiger partial charge on any atom is -0.396 e. The van der Waals surface area contributed by atoms with E-state index in [1.54, 1.807) is 6.08 Å². The summed E-state index contributed by atoms with van der Waals surface area (Å²) < 4.78 is 40.1. The molecule has 4 rings (SSSR count). The maximum absolute atomic E-state index is 13.4. The Hall–Kier alpha value is -0.840. The van der Waals surface area contributed by atoms with Crippen molar-refractivity contribution < 1.29 is 23.1 Å². The SMILES string of the molecule is O=C1C=C2C[C@@H](CC(F)(F)F)[C@@H]3[C@H](CCC4(CCO)CCC[C@@H]34)[C@H]2CC1. The summed E-state index contributed by atoms with van der Waals surface area (Å²) in [6, 6.07) is 0. The quantitative estimate of drug-likeness (QED) is 0.754. The highest BCUT2D eigenvalue weighted by atomic mass is 19.4. The van der Waals surface area contributed by atoms with Crippen LogP contribution in [0.5, 0.6) is 0 Å². The summed E-state index contributed by atoms with van der Waals surface area (Å²) in [5.74, 6) is 0.733. The molecule has 0 aromatic carbocycles. The summed E-state index contributed by atoms with van der Waals surface area (Å²) in [4.78, 5) is 11.9. The van der Waals surface area contributed by atoms with Gasteiger partial charge in [0.05, 0.1) is 0 Å². The second kappa shape index (κ2) is 6.65. The van der Waals surface area contributed by atoms with Gasteiger partial charge in [-0.25, -0.2) is 0 Å². The molecule has 0 spiro atoms. The van der Waals surface area contributed by atoms with Gasteiger partial charge in [0.15, 0.2) is 5.78 Å². The van der Waals surface area contributed by atoms with Crippen LogP contribution in [0.25, 0.3) is 0 Å². The van der Waals surface area contributed by atoms with Crippen molar-refractivity contribution in [1.82, 2.24) is 0 Å². The summed E-state index contributed by atoms with van der Waals surface area (Å²) in [5.41, 5.74) is 1.07. The van der Waals surface area contributed by atoms with E-state index in [-0.39, 0.29) is 23.7 Å². The van der Waals surface area contributed by atoms with Crippen LogP contribution < -0.4 is 0 Å². The molecule has 0 saturated heterocycles. The molecule has 0 aliphatic heterocycles. The number of halogens is 3. The number of carbonyl (C=O) groups is 1. The largest absolute Gasteiger partial charge is 0.396 e. The van der Waals surface area contributed by atoms with Crippen LogP contribution in [0, 0.1) is 35.0 Å². The van der Waals surface area contributed by atoms with Crippen molar-refractivity contribution in [3.05, 3.63) is 11.6 Å². The molecule has 3 saturated carbocycles. The predicted octanol–water partition coefficient (Wildman–Crippen LogP) is 5.06. The lowest BCUT2D eigenvalue weighted by Crippen LogP contribution is -2.50. The van der Waals surface area contributed by atoms with Crippen molar-refractivity contribution in [3.8, 4) is 0 Å². The monoisotopic (exact) mass is 370 g/mol. The van der Waals surface area contributed by atoms with E-state index in [9.17, 15) is 23.1 Å². The molecule has 4 aliphatic carbocycles. The van der Waals surface area contributed by atoms with E-state index in [2.05, 4.69) is 0 Å². The number of carbonyl (C=O) groups excluding carboxylic acids is 1. The molecule has 1 N–H and O–H groups in total. The van der Waals surface area contributed by atoms with E-state index in [1.807, 2.05) is 0 Å². The van der Waals surface area contributed by atoms with Gasteiger partial charge >= 0.3 is 6.18 Å². The first-order valence-corrected chi connectivity index (χ1v) is 10.2. The molecule has 3 fully saturated rings. The lowest BCUT2D eigenvalue weighted by molar-refractivity contribution is -0.163. The highest BCUT2D eigenvalue weighted by Gasteiger charge is 2.57. The third-order valence-electron chi connectivity index (χ3n) is 8.10. The van der Waals surface area contributed by atoms with Crippen LogP contribution in [0.2, 0.25) is 0 Å². The second-order valence-electron chi connectivity index (χ2n) is 9.23. The molecule has 1 unspecified atom stereocenters. The van der Waals surface area contributed by atoms with Gasteiger partial charge in [-0.1, -0.05) is 12.0 Å². The fourth-order valence-corrected chi connectivity index (χ4v) is 7.34. The Balaban J connectivity index is 1.69. The van der Waals surface area contributed by atoms with Crippen molar-refractivity contribution in [3.63, 3.8) is 0 Å². The van der Waals surface area contributed by atoms with Gasteiger partial charge in [-0.05, 0) is 86.0 Å². The van der Waals surface area contributed by atoms with E-state index in [0.29, 0.717) is 30.6 Å². The Morgan fingerprint density at radius 2 is 2.00 bits per heavy atom. The number of hydrogen-bond acceptors (Lipinski definition) is 2. The first-order valence-electron chi connectivity index (χ1n) is 10.2. The van der Waals surface area contributed by atoms with Gasteiger partial charge in [-0.15, -0.1) is 0 Å². The number of ketones is 1. The van der Waals surface area contributed by atoms with E-state index in [4.69, 9.17) is 0 Å². The number of hydrogen-bond donors (Lipinski definition) is 1. The summed E-state index contributed by atoms with van der Waals surface area (Å²) in [7, 11) is 0. The van der Waals surface area contributed by atoms with E-state index >= 15 is 0 Å². The highest BCUT2D eigenvalue weighted by molar-refractivity contribution is 5.91. The average Bonchev–Trinajstić information content (AvgIpc) is 2.96. The number of alkyl halides is 3. The van der Waals surface area contributed by atoms with Gasteiger partial charge in [-0.2, -0.15) is 13.2 Å². The first-order chi connectivity index (χ1) is 12.3. The minimum atomic E-state index is -4.16. The number of allylic oxidation sites excluding steroid dienone is 1. The zero-order chi connectivity index (χ0) is 18.5. The van der Waals surface area contributed by atoms with Crippen molar-refractivity contribution >= 4 is 5.78 Å². The van der Waals surface area contributed by atoms with E-state index in [1.165, 1.54) is 0 Å². The Morgan fingerprint density at radius 3 is 2.73 bits per heavy atom. The molecule has 0 heterocycles. The van der Waals surface area contributed by atoms with Crippen molar-refractivity contribution in [2.45, 2.75) is 70.4 Å². The van der Waals surface area contributed by atoms with Crippen LogP contribution in [0.15, 0.2) is 11.6 Å². The van der Waals surface area contributed by atoms with Crippen LogP contribution in [-0.2, 0) is 4.79 Å². The minimum absolute atomic E-state index is 0.0610. The molecule has 5 heteroatoms. The Bertz CT molecular complexity index is 597. The fraction of sp³-hybridized carbons (Fsp3) is 0.857. The molecule has 0 bridgehead atoms. The fourth-order valence-electron chi connectivity index (χ4n) is 7.34. The van der Waals surface area contributed by atoms with Crippen molar-refractivity contribution in [1.29, 1.82) is 0 Å². The maximum atomic E-state index is 13.4. The van der Waals surface area contributed by atoms with Gasteiger partial charge in [0, 0.05) is 19.4 Å². The molecule has 146 valence electrons. The maximum Gasteiger partial charge on any atom is 0.389 e. The number of aliphatic hydroxyl groups excluding tert-OH is 1. The Labute approximate surface area is 153 Å². The lowest BCUT2D eigenvalue weighted by atomic mass is 9.48. The summed E-state index contributed by atoms with van der Waals surface area (Å²) in [6.45, 7) is 0.140. The third kappa shape index (κ3) is 3.14. The van der Waals surface area contributed by atoms with Crippen LogP contribution in [0.4, 0.5) is 13.2 Å². The van der Waals surface area contributed by atoms with Gasteiger partial charge in [0.1, 0.15) is 0 Å². The van der Waals surface area contributed by atoms with Gasteiger partial charge in [0.2, 0.25) is 0 Å². The molecule has 26 heavy (non-hydrogen) atoms. The van der Waals surface area contributed by atoms with E-state index < -0.39 is 18.5 Å². The average molecular weight is 370 g/mol. The van der Waals surface area contributed by atoms with E-state index in [0.717, 1.165) is 50.5 Å². The number of fused-ring (bicyclic) bond motifs is 5. The Morgan fingerprint density at radius 1 is 1.19 bits per heavy atom. The van der Waals surface area contributed by atoms with Gasteiger partial charge in [-0.3, -0.25) is 4.79 Å². The zero-order valence-corrected chi connectivity index (χ0v) is 15.2. The topological polar surface area (TPSA) is 37.3 Å². The molecule has 4 aliphatic rings. The molecule has 0 aromatic heterocycles. The van der Waals surface area contributed by atoms with Gasteiger partial charge < -0.3 is 5.11 Å². The normalized spacial score (nSPS) is 42.7. The molecule has 2 nitrogen and oxygen atoms in total. The standard InChI is InChI=1S/C21H29F3O2/c22-21(23,24)12-14-10-13-11-15(26)3-4-16(13)17-5-7-20(8-9-25)6-1-2-18(20)19(14)17/h11,14,16-19,25H,1-10,12H2/t14-,16-,17+,18-,19+,20?/m0/s1. The smallest absolute Gasteiger partial charge is 0.389 e. The summed E-state index contributed by atoms with van der Waals surface area (Å²) in [5, 5.41) is 9.60. The zero-order valence-electron chi connectivity index (χ0n) is 15.2. The summed E-state index contributed by atoms with van der Waals surface area (Å²) >= 11 is 0. The van der Waals surface area contributed by atoms with Crippen LogP contribution in [0.3, 0.4) is 0 Å². The molecular formula is C21H29F3O2. The second-order valence-corrected chi connectivity index (χ2v) is 9.23. The van der Waals surface area contributed by atoms with Crippen LogP contribution in [-0.4, -0.2) is 23.7 Å². The highest BCUT2D eigenvalue weighted by Crippen LogP contribution is 2.65. The van der Waals surface area contributed by atoms with Crippen molar-refractivity contribution in [2.75, 3.05) is 6.61 Å². The molecule has 0 aromatic rings. The lowest BCUT2D eigenvalue weighted by Gasteiger charge is -2.56. The van der Waals surface area contributed by atoms with Crippen LogP contribution >= 0.6 is 0 Å². The number of rotatable bonds is 3. The van der Waals surface area contributed by atoms with Gasteiger partial charge in [0.25, 0.3) is 0 Å². The number of aliphatic hydroxyl groups is 1. The summed E-state index contributed by atoms with van der Waals surface area (Å²) in [6.07, 6.45) is 4.52. The molecule has 0 amide bonds. The molecule has 6 atom stereocenters. The third-order valence-corrected chi connectivity index (χ3v) is 8.10. The predicted molar refractivity (Wildman–Crippen MR) is 92.3 cm³/mol. The molecule has 0 radical (unpaired) electrons. The Kier molecular flexibility index (Phi) is 4.73. The van der Waals surface area contributed by atoms with Crippen LogP contribution in [0.1, 0.15) is 64.2 Å². The first kappa shape index (κ1) is 18.5. The van der Waals surface area contributed by atoms with Crippen molar-refractivity contribution in [2.24, 2.45) is 35.0 Å². The molecular weight excluding hydrogens is 341 g/mol.